The molecular weight excluding hydrogens is 773 g/mol. The maximum Gasteiger partial charge on any atom is 0.164 e. The summed E-state index contributed by atoms with van der Waals surface area (Å²) in [6.45, 7) is 0. The summed E-state index contributed by atoms with van der Waals surface area (Å²) in [7, 11) is 0. The van der Waals surface area contributed by atoms with Crippen LogP contribution >= 0.6 is 0 Å². The quantitative estimate of drug-likeness (QED) is 0.166. The molecule has 10 aromatic carbocycles. The Labute approximate surface area is 358 Å². The van der Waals surface area contributed by atoms with Crippen LogP contribution in [0.1, 0.15) is 0 Å². The van der Waals surface area contributed by atoms with Crippen molar-refractivity contribution in [2.75, 3.05) is 0 Å². The highest BCUT2D eigenvalue weighted by Crippen LogP contribution is 2.41. The van der Waals surface area contributed by atoms with E-state index in [0.717, 1.165) is 88.1 Å². The van der Waals surface area contributed by atoms with Gasteiger partial charge in [0.25, 0.3) is 0 Å². The standard InChI is InChI=1S/C57H32N4O2/c1-2-14-38-36(12-1)37-13-3-4-15-39(37)45-32-35(26-27-40(38)45)61-48-20-8-5-16-41(48)46-30-33(24-28-49(46)61)55-58-56(34-25-29-52-47(31-34)42-17-6-9-21-50(42)62-52)60-57(59-55)44-19-11-23-53-54(44)43-18-7-10-22-51(43)63-53/h1-32H. The lowest BCUT2D eigenvalue weighted by atomic mass is 9.94. The molecule has 0 aliphatic heterocycles. The molecule has 4 heterocycles. The molecule has 6 nitrogen and oxygen atoms in total. The number of benzene rings is 10. The highest BCUT2D eigenvalue weighted by molar-refractivity contribution is 6.26. The molecule has 0 saturated carbocycles. The van der Waals surface area contributed by atoms with Crippen molar-refractivity contribution in [1.82, 2.24) is 19.5 Å². The largest absolute Gasteiger partial charge is 0.456 e. The molecule has 14 aromatic rings. The van der Waals surface area contributed by atoms with Crippen LogP contribution in [0, 0.1) is 0 Å². The summed E-state index contributed by atoms with van der Waals surface area (Å²) in [5, 5.41) is 13.8. The van der Waals surface area contributed by atoms with Gasteiger partial charge in [0, 0.05) is 54.7 Å². The van der Waals surface area contributed by atoms with Crippen molar-refractivity contribution in [2.45, 2.75) is 0 Å². The predicted molar refractivity (Wildman–Crippen MR) is 258 cm³/mol. The van der Waals surface area contributed by atoms with Crippen LogP contribution in [-0.4, -0.2) is 19.5 Å². The number of fused-ring (bicyclic) bond motifs is 15. The molecule has 0 saturated heterocycles. The second-order valence-electron chi connectivity index (χ2n) is 16.3. The van der Waals surface area contributed by atoms with E-state index < -0.39 is 0 Å². The molecule has 0 unspecified atom stereocenters. The van der Waals surface area contributed by atoms with Gasteiger partial charge in [-0.3, -0.25) is 0 Å². The van der Waals surface area contributed by atoms with Crippen LogP contribution in [0.15, 0.2) is 203 Å². The van der Waals surface area contributed by atoms with Crippen molar-refractivity contribution < 1.29 is 8.83 Å². The van der Waals surface area contributed by atoms with E-state index in [1.165, 1.54) is 32.3 Å². The lowest BCUT2D eigenvalue weighted by Gasteiger charge is -2.14. The molecule has 0 atom stereocenters. The second-order valence-corrected chi connectivity index (χ2v) is 16.3. The highest BCUT2D eigenvalue weighted by Gasteiger charge is 2.21. The Hall–Kier alpha value is -8.61. The minimum atomic E-state index is 0.572. The molecule has 0 aliphatic carbocycles. The number of hydrogen-bond donors (Lipinski definition) is 0. The van der Waals surface area contributed by atoms with Crippen LogP contribution in [0.3, 0.4) is 0 Å². The normalized spacial score (nSPS) is 12.1. The van der Waals surface area contributed by atoms with Crippen LogP contribution in [0.25, 0.3) is 138 Å². The Morgan fingerprint density at radius 2 is 0.810 bits per heavy atom. The van der Waals surface area contributed by atoms with E-state index in [9.17, 15) is 0 Å². The fourth-order valence-electron chi connectivity index (χ4n) is 10.0. The smallest absolute Gasteiger partial charge is 0.164 e. The average Bonchev–Trinajstić information content (AvgIpc) is 4.03. The van der Waals surface area contributed by atoms with Gasteiger partial charge in [-0.2, -0.15) is 0 Å². The van der Waals surface area contributed by atoms with Gasteiger partial charge in [-0.05, 0) is 105 Å². The Morgan fingerprint density at radius 3 is 1.56 bits per heavy atom. The summed E-state index contributed by atoms with van der Waals surface area (Å²) in [5.74, 6) is 1.73. The Bertz CT molecular complexity index is 4200. The van der Waals surface area contributed by atoms with E-state index in [1.807, 2.05) is 60.7 Å². The first-order chi connectivity index (χ1) is 31.2. The molecule has 4 aromatic heterocycles. The van der Waals surface area contributed by atoms with E-state index in [2.05, 4.69) is 138 Å². The summed E-state index contributed by atoms with van der Waals surface area (Å²) in [6.07, 6.45) is 0. The van der Waals surface area contributed by atoms with E-state index in [0.29, 0.717) is 17.5 Å². The van der Waals surface area contributed by atoms with Crippen molar-refractivity contribution in [2.24, 2.45) is 0 Å². The van der Waals surface area contributed by atoms with E-state index in [1.54, 1.807) is 0 Å². The first kappa shape index (κ1) is 34.1. The maximum absolute atomic E-state index is 6.33. The van der Waals surface area contributed by atoms with E-state index in [-0.39, 0.29) is 0 Å². The van der Waals surface area contributed by atoms with Crippen molar-refractivity contribution in [3.05, 3.63) is 194 Å². The maximum atomic E-state index is 6.33. The summed E-state index contributed by atoms with van der Waals surface area (Å²) in [4.78, 5) is 15.8. The van der Waals surface area contributed by atoms with Crippen LogP contribution < -0.4 is 0 Å². The fourth-order valence-corrected chi connectivity index (χ4v) is 10.0. The molecule has 6 heteroatoms. The SMILES string of the molecule is c1ccc2c(c1)oc1ccc(-c3nc(-c4ccc5c(c4)c4ccccc4n5-c4ccc5c6ccccc6c6ccccc6c5c4)nc(-c4cccc5oc6ccccc6c45)n3)cc12. The number of hydrogen-bond acceptors (Lipinski definition) is 5. The van der Waals surface area contributed by atoms with Gasteiger partial charge in [0.1, 0.15) is 22.3 Å². The van der Waals surface area contributed by atoms with Gasteiger partial charge in [0.15, 0.2) is 17.5 Å². The van der Waals surface area contributed by atoms with E-state index >= 15 is 0 Å². The van der Waals surface area contributed by atoms with Gasteiger partial charge < -0.3 is 13.4 Å². The molecule has 0 radical (unpaired) electrons. The average molecular weight is 805 g/mol. The van der Waals surface area contributed by atoms with Gasteiger partial charge in [0.2, 0.25) is 0 Å². The third kappa shape index (κ3) is 5.03. The molecule has 0 aliphatic rings. The Kier molecular flexibility index (Phi) is 7.02. The zero-order chi connectivity index (χ0) is 41.2. The minimum absolute atomic E-state index is 0.572. The van der Waals surface area contributed by atoms with Crippen LogP contribution in [0.5, 0.6) is 0 Å². The highest BCUT2D eigenvalue weighted by atomic mass is 16.3. The summed E-state index contributed by atoms with van der Waals surface area (Å²) in [5.41, 5.74) is 9.26. The third-order valence-corrected chi connectivity index (χ3v) is 12.8. The van der Waals surface area contributed by atoms with Crippen LogP contribution in [0.2, 0.25) is 0 Å². The lowest BCUT2D eigenvalue weighted by molar-refractivity contribution is 0.668. The third-order valence-electron chi connectivity index (χ3n) is 12.8. The zero-order valence-corrected chi connectivity index (χ0v) is 33.6. The zero-order valence-electron chi connectivity index (χ0n) is 33.6. The molecule has 63 heavy (non-hydrogen) atoms. The lowest BCUT2D eigenvalue weighted by Crippen LogP contribution is -2.00. The Balaban J connectivity index is 0.994. The van der Waals surface area contributed by atoms with Crippen molar-refractivity contribution >= 4 is 98.0 Å². The Morgan fingerprint density at radius 1 is 0.302 bits per heavy atom. The first-order valence-corrected chi connectivity index (χ1v) is 21.2. The molecule has 0 N–H and O–H groups in total. The first-order valence-electron chi connectivity index (χ1n) is 21.2. The van der Waals surface area contributed by atoms with Crippen molar-refractivity contribution in [3.8, 4) is 39.9 Å². The van der Waals surface area contributed by atoms with Crippen LogP contribution in [-0.2, 0) is 0 Å². The van der Waals surface area contributed by atoms with Gasteiger partial charge in [-0.25, -0.2) is 15.0 Å². The molecule has 0 spiro atoms. The minimum Gasteiger partial charge on any atom is -0.456 e. The predicted octanol–water partition coefficient (Wildman–Crippen LogP) is 15.2. The number of rotatable bonds is 4. The fraction of sp³-hybridized carbons (Fsp3) is 0. The summed E-state index contributed by atoms with van der Waals surface area (Å²) >= 11 is 0. The molecule has 0 amide bonds. The van der Waals surface area contributed by atoms with Gasteiger partial charge in [-0.15, -0.1) is 0 Å². The van der Waals surface area contributed by atoms with Crippen molar-refractivity contribution in [3.63, 3.8) is 0 Å². The monoisotopic (exact) mass is 804 g/mol. The summed E-state index contributed by atoms with van der Waals surface area (Å²) < 4.78 is 14.9. The number of para-hydroxylation sites is 3. The van der Waals surface area contributed by atoms with E-state index in [4.69, 9.17) is 23.8 Å². The number of aromatic nitrogens is 4. The van der Waals surface area contributed by atoms with Gasteiger partial charge in [-0.1, -0.05) is 121 Å². The number of nitrogens with zero attached hydrogens (tertiary/aromatic N) is 4. The number of furan rings is 2. The molecule has 0 fully saturated rings. The van der Waals surface area contributed by atoms with Crippen LogP contribution in [0.4, 0.5) is 0 Å². The van der Waals surface area contributed by atoms with Gasteiger partial charge >= 0.3 is 0 Å². The van der Waals surface area contributed by atoms with Crippen molar-refractivity contribution in [1.29, 1.82) is 0 Å². The summed E-state index contributed by atoms with van der Waals surface area (Å²) in [6, 6.07) is 68.1. The molecule has 292 valence electrons. The molecular formula is C57H32N4O2. The molecule has 0 bridgehead atoms. The van der Waals surface area contributed by atoms with Gasteiger partial charge in [0.05, 0.1) is 11.0 Å². The second kappa shape index (κ2) is 12.9. The molecule has 14 rings (SSSR count). The topological polar surface area (TPSA) is 69.9 Å².